The van der Waals surface area contributed by atoms with Crippen LogP contribution in [0.3, 0.4) is 0 Å². The van der Waals surface area contributed by atoms with Gasteiger partial charge in [0.15, 0.2) is 17.2 Å². The summed E-state index contributed by atoms with van der Waals surface area (Å²) < 4.78 is 3.25. The van der Waals surface area contributed by atoms with Gasteiger partial charge in [-0.2, -0.15) is 4.98 Å². The van der Waals surface area contributed by atoms with Crippen molar-refractivity contribution in [3.05, 3.63) is 69.8 Å². The van der Waals surface area contributed by atoms with Crippen LogP contribution in [0.2, 0.25) is 0 Å². The molecule has 0 aliphatic carbocycles. The van der Waals surface area contributed by atoms with Crippen molar-refractivity contribution in [1.82, 2.24) is 29.6 Å². The SMILES string of the molecule is CC(=O)c1cccc(-n2c3nc(Nc4ccc5c(c4)CNCC5)ncc3c(=O)n2C(C)C)n1. The number of Topliss-reactive ketones (excluding diaryl/α,β-unsaturated/α-hetero) is 1. The first-order valence-corrected chi connectivity index (χ1v) is 11.0. The summed E-state index contributed by atoms with van der Waals surface area (Å²) in [5, 5.41) is 7.03. The topological polar surface area (TPSA) is 107 Å². The van der Waals surface area contributed by atoms with Gasteiger partial charge in [-0.3, -0.25) is 9.59 Å². The number of nitrogens with one attached hydrogen (secondary N) is 2. The molecule has 3 aromatic heterocycles. The normalized spacial score (nSPS) is 13.3. The first-order valence-electron chi connectivity index (χ1n) is 11.0. The third kappa shape index (κ3) is 3.80. The Morgan fingerprint density at radius 3 is 2.79 bits per heavy atom. The van der Waals surface area contributed by atoms with Crippen LogP contribution in [0.5, 0.6) is 0 Å². The average molecular weight is 444 g/mol. The number of rotatable bonds is 5. The third-order valence-electron chi connectivity index (χ3n) is 5.77. The van der Waals surface area contributed by atoms with Crippen LogP contribution in [-0.4, -0.2) is 36.6 Å². The maximum atomic E-state index is 13.2. The lowest BCUT2D eigenvalue weighted by Crippen LogP contribution is -2.24. The van der Waals surface area contributed by atoms with E-state index in [0.29, 0.717) is 28.5 Å². The van der Waals surface area contributed by atoms with Crippen LogP contribution >= 0.6 is 0 Å². The van der Waals surface area contributed by atoms with Crippen molar-refractivity contribution in [3.8, 4) is 5.82 Å². The number of benzene rings is 1. The monoisotopic (exact) mass is 443 g/mol. The molecule has 0 atom stereocenters. The molecule has 0 spiro atoms. The predicted molar refractivity (Wildman–Crippen MR) is 126 cm³/mol. The third-order valence-corrected chi connectivity index (χ3v) is 5.77. The van der Waals surface area contributed by atoms with Gasteiger partial charge in [-0.15, -0.1) is 0 Å². The molecule has 4 aromatic rings. The van der Waals surface area contributed by atoms with Crippen molar-refractivity contribution in [3.63, 3.8) is 0 Å². The summed E-state index contributed by atoms with van der Waals surface area (Å²) in [6, 6.07) is 11.2. The van der Waals surface area contributed by atoms with Crippen molar-refractivity contribution < 1.29 is 4.79 Å². The van der Waals surface area contributed by atoms with Crippen molar-refractivity contribution in [2.75, 3.05) is 11.9 Å². The van der Waals surface area contributed by atoms with Gasteiger partial charge in [-0.05, 0) is 62.2 Å². The molecular weight excluding hydrogens is 418 g/mol. The Morgan fingerprint density at radius 2 is 2.00 bits per heavy atom. The largest absolute Gasteiger partial charge is 0.324 e. The van der Waals surface area contributed by atoms with E-state index in [2.05, 4.69) is 37.7 Å². The van der Waals surface area contributed by atoms with Gasteiger partial charge in [0, 0.05) is 31.4 Å². The molecule has 1 aliphatic heterocycles. The van der Waals surface area contributed by atoms with E-state index in [1.807, 2.05) is 19.9 Å². The number of carbonyl (C=O) groups excluding carboxylic acids is 1. The molecule has 0 bridgehead atoms. The van der Waals surface area contributed by atoms with E-state index < -0.39 is 0 Å². The number of carbonyl (C=O) groups is 1. The highest BCUT2D eigenvalue weighted by atomic mass is 16.1. The molecule has 168 valence electrons. The Morgan fingerprint density at radius 1 is 1.15 bits per heavy atom. The molecule has 2 N–H and O–H groups in total. The maximum Gasteiger partial charge on any atom is 0.278 e. The Kier molecular flexibility index (Phi) is 5.26. The lowest BCUT2D eigenvalue weighted by atomic mass is 10.0. The van der Waals surface area contributed by atoms with E-state index in [1.54, 1.807) is 27.6 Å². The van der Waals surface area contributed by atoms with Crippen molar-refractivity contribution >= 4 is 28.5 Å². The van der Waals surface area contributed by atoms with Crippen LogP contribution in [0.25, 0.3) is 16.9 Å². The van der Waals surface area contributed by atoms with Gasteiger partial charge in [-0.1, -0.05) is 12.1 Å². The summed E-state index contributed by atoms with van der Waals surface area (Å²) >= 11 is 0. The summed E-state index contributed by atoms with van der Waals surface area (Å²) in [5.74, 6) is 0.683. The second-order valence-corrected chi connectivity index (χ2v) is 8.46. The number of fused-ring (bicyclic) bond motifs is 2. The van der Waals surface area contributed by atoms with Crippen LogP contribution < -0.4 is 16.2 Å². The summed E-state index contributed by atoms with van der Waals surface area (Å²) in [5.41, 5.74) is 4.02. The predicted octanol–water partition coefficient (Wildman–Crippen LogP) is 3.15. The van der Waals surface area contributed by atoms with E-state index in [-0.39, 0.29) is 17.4 Å². The quantitative estimate of drug-likeness (QED) is 0.456. The molecular formula is C24H25N7O2. The number of pyridine rings is 1. The van der Waals surface area contributed by atoms with Crippen LogP contribution in [0.15, 0.2) is 47.4 Å². The smallest absolute Gasteiger partial charge is 0.278 e. The number of hydrogen-bond acceptors (Lipinski definition) is 7. The fourth-order valence-corrected chi connectivity index (χ4v) is 4.17. The lowest BCUT2D eigenvalue weighted by Gasteiger charge is -2.18. The van der Waals surface area contributed by atoms with Gasteiger partial charge in [-0.25, -0.2) is 19.3 Å². The first-order chi connectivity index (χ1) is 15.9. The molecule has 1 aliphatic rings. The molecule has 0 fully saturated rings. The zero-order valence-electron chi connectivity index (χ0n) is 18.8. The molecule has 33 heavy (non-hydrogen) atoms. The lowest BCUT2D eigenvalue weighted by molar-refractivity contribution is 0.101. The van der Waals surface area contributed by atoms with Gasteiger partial charge in [0.25, 0.3) is 5.56 Å². The molecule has 0 unspecified atom stereocenters. The van der Waals surface area contributed by atoms with Crippen LogP contribution in [0.4, 0.5) is 11.6 Å². The molecule has 1 aromatic carbocycles. The summed E-state index contributed by atoms with van der Waals surface area (Å²) in [4.78, 5) is 38.6. The Labute approximate surface area is 190 Å². The Bertz CT molecular complexity index is 1430. The van der Waals surface area contributed by atoms with Crippen molar-refractivity contribution in [2.24, 2.45) is 0 Å². The van der Waals surface area contributed by atoms with Gasteiger partial charge in [0.05, 0.1) is 0 Å². The number of aromatic nitrogens is 5. The molecule has 0 saturated heterocycles. The maximum absolute atomic E-state index is 13.2. The van der Waals surface area contributed by atoms with Gasteiger partial charge in [0.1, 0.15) is 11.1 Å². The zero-order chi connectivity index (χ0) is 23.1. The zero-order valence-corrected chi connectivity index (χ0v) is 18.8. The molecule has 0 radical (unpaired) electrons. The van der Waals surface area contributed by atoms with Gasteiger partial charge >= 0.3 is 0 Å². The molecule has 0 amide bonds. The van der Waals surface area contributed by atoms with Crippen molar-refractivity contribution in [1.29, 1.82) is 0 Å². The van der Waals surface area contributed by atoms with Crippen LogP contribution in [0.1, 0.15) is 48.4 Å². The number of hydrogen-bond donors (Lipinski definition) is 2. The van der Waals surface area contributed by atoms with Crippen molar-refractivity contribution in [2.45, 2.75) is 39.8 Å². The van der Waals surface area contributed by atoms with E-state index in [9.17, 15) is 9.59 Å². The highest BCUT2D eigenvalue weighted by Crippen LogP contribution is 2.23. The van der Waals surface area contributed by atoms with E-state index >= 15 is 0 Å². The second kappa shape index (κ2) is 8.25. The molecule has 9 nitrogen and oxygen atoms in total. The summed E-state index contributed by atoms with van der Waals surface area (Å²) in [6.45, 7) is 7.12. The fraction of sp³-hybridized carbons (Fsp3) is 0.292. The van der Waals surface area contributed by atoms with Gasteiger partial charge in [0.2, 0.25) is 5.95 Å². The standard InChI is InChI=1S/C24H25N7O2/c1-14(2)30-23(33)19-13-26-24(27-18-8-7-16-9-10-25-12-17(16)11-18)29-22(19)31(30)21-6-4-5-20(28-21)15(3)32/h4-8,11,13-14,25H,9-10,12H2,1-3H3,(H,26,27,29). The molecule has 9 heteroatoms. The van der Waals surface area contributed by atoms with E-state index in [1.165, 1.54) is 24.2 Å². The summed E-state index contributed by atoms with van der Waals surface area (Å²) in [7, 11) is 0. The Hall–Kier alpha value is -3.85. The van der Waals surface area contributed by atoms with E-state index in [4.69, 9.17) is 0 Å². The van der Waals surface area contributed by atoms with Crippen LogP contribution in [0, 0.1) is 0 Å². The minimum Gasteiger partial charge on any atom is -0.324 e. The molecule has 4 heterocycles. The highest BCUT2D eigenvalue weighted by molar-refractivity contribution is 5.92. The number of nitrogens with zero attached hydrogens (tertiary/aromatic N) is 5. The molecule has 5 rings (SSSR count). The highest BCUT2D eigenvalue weighted by Gasteiger charge is 2.20. The average Bonchev–Trinajstić information content (AvgIpc) is 3.11. The number of anilines is 2. The molecule has 0 saturated carbocycles. The summed E-state index contributed by atoms with van der Waals surface area (Å²) in [6.07, 6.45) is 2.55. The minimum atomic E-state index is -0.207. The first kappa shape index (κ1) is 21.0. The number of ketones is 1. The Balaban J connectivity index is 1.63. The second-order valence-electron chi connectivity index (χ2n) is 8.46. The fourth-order valence-electron chi connectivity index (χ4n) is 4.17. The van der Waals surface area contributed by atoms with Gasteiger partial charge < -0.3 is 10.6 Å². The van der Waals surface area contributed by atoms with E-state index in [0.717, 1.165) is 25.2 Å². The minimum absolute atomic E-state index is 0.148. The van der Waals surface area contributed by atoms with Crippen LogP contribution in [-0.2, 0) is 13.0 Å².